The molecule has 0 saturated heterocycles. The molecule has 27 heavy (non-hydrogen) atoms. The first kappa shape index (κ1) is 18.3. The predicted octanol–water partition coefficient (Wildman–Crippen LogP) is 5.17. The molecule has 0 radical (unpaired) electrons. The number of carbonyl (C=O) groups is 1. The van der Waals surface area contributed by atoms with Crippen molar-refractivity contribution in [2.75, 3.05) is 5.43 Å². The number of hydrogen-bond donors (Lipinski definition) is 1. The lowest BCUT2D eigenvalue weighted by molar-refractivity contribution is -0.110. The number of ketones is 1. The van der Waals surface area contributed by atoms with Crippen molar-refractivity contribution in [2.45, 2.75) is 13.8 Å². The molecule has 0 aliphatic rings. The zero-order valence-corrected chi connectivity index (χ0v) is 15.4. The van der Waals surface area contributed by atoms with E-state index in [0.29, 0.717) is 5.71 Å². The maximum Gasteiger partial charge on any atom is 0.182 e. The van der Waals surface area contributed by atoms with Gasteiger partial charge in [-0.25, -0.2) is 4.99 Å². The zero-order valence-electron chi connectivity index (χ0n) is 15.4. The van der Waals surface area contributed by atoms with E-state index in [1.54, 1.807) is 0 Å². The number of hydrazone groups is 1. The Morgan fingerprint density at radius 2 is 1.41 bits per heavy atom. The van der Waals surface area contributed by atoms with Crippen LogP contribution in [0.1, 0.15) is 18.1 Å². The molecule has 0 unspecified atom stereocenters. The van der Waals surface area contributed by atoms with Crippen molar-refractivity contribution in [3.05, 3.63) is 96.1 Å². The Hall–Kier alpha value is -3.53. The van der Waals surface area contributed by atoms with Gasteiger partial charge in [0.2, 0.25) is 0 Å². The van der Waals surface area contributed by atoms with E-state index in [0.717, 1.165) is 22.5 Å². The molecule has 1 N–H and O–H groups in total. The van der Waals surface area contributed by atoms with Crippen LogP contribution in [0, 0.1) is 6.92 Å². The van der Waals surface area contributed by atoms with Gasteiger partial charge in [0.15, 0.2) is 11.5 Å². The Bertz CT molecular complexity index is 960. The minimum atomic E-state index is -0.159. The number of nitrogens with zero attached hydrogens (tertiary/aromatic N) is 2. The molecule has 3 aromatic carbocycles. The summed E-state index contributed by atoms with van der Waals surface area (Å²) < 4.78 is 0. The average Bonchev–Trinajstić information content (AvgIpc) is 2.70. The number of para-hydroxylation sites is 1. The standard InChI is InChI=1S/C23H21N3O/c1-17-13-15-21(16-14-17)25-26-22(18(2)27)23(19-9-5-3-6-10-19)24-20-11-7-4-8-12-20/h3-16,25H,1-2H3/b24-23?,26-22-. The summed E-state index contributed by atoms with van der Waals surface area (Å²) in [4.78, 5) is 17.1. The molecular formula is C23H21N3O. The van der Waals surface area contributed by atoms with E-state index in [2.05, 4.69) is 10.5 Å². The van der Waals surface area contributed by atoms with Crippen molar-refractivity contribution in [3.8, 4) is 0 Å². The van der Waals surface area contributed by atoms with E-state index in [-0.39, 0.29) is 11.5 Å². The van der Waals surface area contributed by atoms with Crippen LogP contribution in [-0.2, 0) is 4.79 Å². The first-order valence-electron chi connectivity index (χ1n) is 8.74. The van der Waals surface area contributed by atoms with Gasteiger partial charge in [-0.05, 0) is 31.2 Å². The van der Waals surface area contributed by atoms with Crippen molar-refractivity contribution in [2.24, 2.45) is 10.1 Å². The summed E-state index contributed by atoms with van der Waals surface area (Å²) in [6.07, 6.45) is 0. The van der Waals surface area contributed by atoms with Crippen molar-refractivity contribution in [1.82, 2.24) is 0 Å². The van der Waals surface area contributed by atoms with Crippen molar-refractivity contribution in [1.29, 1.82) is 0 Å². The fraction of sp³-hybridized carbons (Fsp3) is 0.0870. The zero-order chi connectivity index (χ0) is 19.1. The number of hydrogen-bond acceptors (Lipinski definition) is 4. The second-order valence-electron chi connectivity index (χ2n) is 6.16. The summed E-state index contributed by atoms with van der Waals surface area (Å²) in [7, 11) is 0. The van der Waals surface area contributed by atoms with Crippen LogP contribution in [-0.4, -0.2) is 17.2 Å². The Labute approximate surface area is 159 Å². The van der Waals surface area contributed by atoms with Crippen molar-refractivity contribution >= 4 is 28.6 Å². The van der Waals surface area contributed by atoms with Crippen molar-refractivity contribution < 1.29 is 4.79 Å². The van der Waals surface area contributed by atoms with Crippen LogP contribution in [0.2, 0.25) is 0 Å². The molecule has 4 nitrogen and oxygen atoms in total. The summed E-state index contributed by atoms with van der Waals surface area (Å²) in [5.74, 6) is -0.159. The first-order chi connectivity index (χ1) is 13.1. The van der Waals surface area contributed by atoms with Crippen LogP contribution >= 0.6 is 0 Å². The highest BCUT2D eigenvalue weighted by Gasteiger charge is 2.17. The highest BCUT2D eigenvalue weighted by atomic mass is 16.1. The first-order valence-corrected chi connectivity index (χ1v) is 8.74. The highest BCUT2D eigenvalue weighted by molar-refractivity contribution is 6.70. The van der Waals surface area contributed by atoms with Crippen LogP contribution in [0.15, 0.2) is 95.0 Å². The lowest BCUT2D eigenvalue weighted by Gasteiger charge is -2.10. The number of benzene rings is 3. The van der Waals surface area contributed by atoms with Gasteiger partial charge in [0, 0.05) is 12.5 Å². The topological polar surface area (TPSA) is 53.8 Å². The number of Topliss-reactive ketones (excluding diaryl/α,β-unsaturated/α-hetero) is 1. The van der Waals surface area contributed by atoms with Crippen LogP contribution in [0.25, 0.3) is 0 Å². The highest BCUT2D eigenvalue weighted by Crippen LogP contribution is 2.15. The van der Waals surface area contributed by atoms with Gasteiger partial charge in [0.05, 0.1) is 11.4 Å². The van der Waals surface area contributed by atoms with Gasteiger partial charge in [-0.3, -0.25) is 10.2 Å². The molecule has 4 heteroatoms. The summed E-state index contributed by atoms with van der Waals surface area (Å²) >= 11 is 0. The summed E-state index contributed by atoms with van der Waals surface area (Å²) in [5, 5.41) is 4.38. The third kappa shape index (κ3) is 4.98. The minimum Gasteiger partial charge on any atom is -0.293 e. The molecule has 0 bridgehead atoms. The fourth-order valence-corrected chi connectivity index (χ4v) is 2.53. The molecule has 0 atom stereocenters. The summed E-state index contributed by atoms with van der Waals surface area (Å²) in [5.41, 5.74) is 7.36. The Balaban J connectivity index is 2.04. The second kappa shape index (κ2) is 8.72. The maximum absolute atomic E-state index is 12.4. The van der Waals surface area contributed by atoms with Crippen LogP contribution in [0.5, 0.6) is 0 Å². The van der Waals surface area contributed by atoms with Gasteiger partial charge in [-0.15, -0.1) is 0 Å². The number of aliphatic imine (C=N–C) groups is 1. The molecule has 134 valence electrons. The van der Waals surface area contributed by atoms with E-state index in [9.17, 15) is 4.79 Å². The van der Waals surface area contributed by atoms with Gasteiger partial charge in [-0.1, -0.05) is 66.2 Å². The average molecular weight is 355 g/mol. The molecule has 0 aliphatic carbocycles. The smallest absolute Gasteiger partial charge is 0.182 e. The number of nitrogens with one attached hydrogen (secondary N) is 1. The minimum absolute atomic E-state index is 0.159. The van der Waals surface area contributed by atoms with E-state index in [1.807, 2.05) is 91.9 Å². The van der Waals surface area contributed by atoms with Gasteiger partial charge < -0.3 is 0 Å². The third-order valence-corrected chi connectivity index (χ3v) is 3.95. The van der Waals surface area contributed by atoms with Gasteiger partial charge in [0.1, 0.15) is 5.71 Å². The van der Waals surface area contributed by atoms with Crippen LogP contribution in [0.4, 0.5) is 11.4 Å². The predicted molar refractivity (Wildman–Crippen MR) is 112 cm³/mol. The lowest BCUT2D eigenvalue weighted by atomic mass is 10.0. The maximum atomic E-state index is 12.4. The molecule has 0 heterocycles. The second-order valence-corrected chi connectivity index (χ2v) is 6.16. The Kier molecular flexibility index (Phi) is 5.90. The Morgan fingerprint density at radius 3 is 2.00 bits per heavy atom. The lowest BCUT2D eigenvalue weighted by Crippen LogP contribution is -2.24. The molecule has 0 saturated carbocycles. The van der Waals surface area contributed by atoms with E-state index >= 15 is 0 Å². The quantitative estimate of drug-likeness (QED) is 0.490. The number of anilines is 1. The fourth-order valence-electron chi connectivity index (χ4n) is 2.53. The number of rotatable bonds is 6. The SMILES string of the molecule is CC(=O)/C(=N/Nc1ccc(C)cc1)C(=Nc1ccccc1)c1ccccc1. The molecule has 0 aromatic heterocycles. The third-order valence-electron chi connectivity index (χ3n) is 3.95. The molecule has 0 fully saturated rings. The van der Waals surface area contributed by atoms with Gasteiger partial charge >= 0.3 is 0 Å². The molecule has 3 rings (SSSR count). The van der Waals surface area contributed by atoms with Gasteiger partial charge in [0.25, 0.3) is 0 Å². The molecule has 3 aromatic rings. The Morgan fingerprint density at radius 1 is 0.815 bits per heavy atom. The molecule has 0 aliphatic heterocycles. The normalized spacial score (nSPS) is 11.9. The number of carbonyl (C=O) groups excluding carboxylic acids is 1. The largest absolute Gasteiger partial charge is 0.293 e. The monoisotopic (exact) mass is 355 g/mol. The molecule has 0 spiro atoms. The molecular weight excluding hydrogens is 334 g/mol. The summed E-state index contributed by atoms with van der Waals surface area (Å²) in [6, 6.07) is 27.0. The van der Waals surface area contributed by atoms with E-state index in [4.69, 9.17) is 4.99 Å². The van der Waals surface area contributed by atoms with E-state index in [1.165, 1.54) is 6.92 Å². The van der Waals surface area contributed by atoms with Crippen LogP contribution < -0.4 is 5.43 Å². The van der Waals surface area contributed by atoms with Gasteiger partial charge in [-0.2, -0.15) is 5.10 Å². The van der Waals surface area contributed by atoms with Crippen molar-refractivity contribution in [3.63, 3.8) is 0 Å². The molecule has 0 amide bonds. The summed E-state index contributed by atoms with van der Waals surface area (Å²) in [6.45, 7) is 3.52. The van der Waals surface area contributed by atoms with E-state index < -0.39 is 0 Å². The number of aryl methyl sites for hydroxylation is 1. The van der Waals surface area contributed by atoms with Crippen LogP contribution in [0.3, 0.4) is 0 Å².